The average Bonchev–Trinajstić information content (AvgIpc) is 3.07. The third-order valence-electron chi connectivity index (χ3n) is 4.14. The van der Waals surface area contributed by atoms with Crippen molar-refractivity contribution in [3.8, 4) is 0 Å². The lowest BCUT2D eigenvalue weighted by molar-refractivity contribution is 0.240. The molecule has 4 nitrogen and oxygen atoms in total. The molecule has 0 aromatic heterocycles. The van der Waals surface area contributed by atoms with Gasteiger partial charge in [0.25, 0.3) is 0 Å². The maximum absolute atomic E-state index is 14.4. The van der Waals surface area contributed by atoms with Gasteiger partial charge in [-0.2, -0.15) is 0 Å². The van der Waals surface area contributed by atoms with E-state index in [1.807, 2.05) is 0 Å². The molecule has 1 aliphatic rings. The molecule has 7 heteroatoms. The maximum atomic E-state index is 14.4. The van der Waals surface area contributed by atoms with Gasteiger partial charge in [0.2, 0.25) is 0 Å². The molecule has 1 saturated heterocycles. The standard InChI is InChI=1S/C17H26ClFN4.HI/c1-3-9-21-17(20-2)22-12-15(23-10-4-5-11-23)16-13(18)7-6-8-14(16)19;/h6-8,15H,3-5,9-12H2,1-2H3,(H2,20,21,22);1H. The van der Waals surface area contributed by atoms with Crippen LogP contribution in [0.2, 0.25) is 5.02 Å². The lowest BCUT2D eigenvalue weighted by Crippen LogP contribution is -2.43. The zero-order valence-corrected chi connectivity index (χ0v) is 17.4. The second-order valence-electron chi connectivity index (χ2n) is 5.77. The molecule has 1 heterocycles. The summed E-state index contributed by atoms with van der Waals surface area (Å²) in [5.74, 6) is 0.496. The summed E-state index contributed by atoms with van der Waals surface area (Å²) in [5.41, 5.74) is 0.578. The van der Waals surface area contributed by atoms with Gasteiger partial charge in [-0.15, -0.1) is 24.0 Å². The highest BCUT2D eigenvalue weighted by atomic mass is 127. The number of likely N-dealkylation sites (tertiary alicyclic amines) is 1. The highest BCUT2D eigenvalue weighted by Gasteiger charge is 2.27. The van der Waals surface area contributed by atoms with Gasteiger partial charge in [-0.05, 0) is 44.5 Å². The van der Waals surface area contributed by atoms with E-state index in [1.165, 1.54) is 6.07 Å². The van der Waals surface area contributed by atoms with Crippen LogP contribution in [-0.4, -0.2) is 44.1 Å². The maximum Gasteiger partial charge on any atom is 0.191 e. The molecule has 1 unspecified atom stereocenters. The predicted molar refractivity (Wildman–Crippen MR) is 110 cm³/mol. The molecule has 136 valence electrons. The first-order valence-corrected chi connectivity index (χ1v) is 8.67. The van der Waals surface area contributed by atoms with Crippen LogP contribution in [-0.2, 0) is 0 Å². The number of aliphatic imine (C=N–C) groups is 1. The Balaban J connectivity index is 0.00000288. The molecule has 0 spiro atoms. The Morgan fingerprint density at radius 3 is 2.62 bits per heavy atom. The summed E-state index contributed by atoms with van der Waals surface area (Å²) >= 11 is 6.30. The van der Waals surface area contributed by atoms with Gasteiger partial charge in [-0.1, -0.05) is 24.6 Å². The molecule has 0 amide bonds. The minimum Gasteiger partial charge on any atom is -0.356 e. The summed E-state index contributed by atoms with van der Waals surface area (Å²) in [7, 11) is 1.74. The Morgan fingerprint density at radius 1 is 1.33 bits per heavy atom. The predicted octanol–water partition coefficient (Wildman–Crippen LogP) is 3.81. The smallest absolute Gasteiger partial charge is 0.191 e. The molecule has 1 atom stereocenters. The lowest BCUT2D eigenvalue weighted by Gasteiger charge is -2.29. The number of hydrogen-bond donors (Lipinski definition) is 2. The van der Waals surface area contributed by atoms with Crippen molar-refractivity contribution in [1.82, 2.24) is 15.5 Å². The van der Waals surface area contributed by atoms with Crippen molar-refractivity contribution in [2.24, 2.45) is 4.99 Å². The van der Waals surface area contributed by atoms with Crippen molar-refractivity contribution < 1.29 is 4.39 Å². The van der Waals surface area contributed by atoms with E-state index in [9.17, 15) is 4.39 Å². The molecule has 0 bridgehead atoms. The van der Waals surface area contributed by atoms with E-state index in [-0.39, 0.29) is 35.8 Å². The van der Waals surface area contributed by atoms with Crippen molar-refractivity contribution in [3.05, 3.63) is 34.6 Å². The summed E-state index contributed by atoms with van der Waals surface area (Å²) in [5, 5.41) is 7.03. The molecule has 2 rings (SSSR count). The highest BCUT2D eigenvalue weighted by Crippen LogP contribution is 2.31. The number of hydrogen-bond acceptors (Lipinski definition) is 2. The summed E-state index contributed by atoms with van der Waals surface area (Å²) in [6, 6.07) is 4.80. The van der Waals surface area contributed by atoms with Gasteiger partial charge in [-0.3, -0.25) is 9.89 Å². The SMILES string of the molecule is CCCNC(=NC)NCC(c1c(F)cccc1Cl)N1CCCC1.I. The number of nitrogens with zero attached hydrogens (tertiary/aromatic N) is 2. The fourth-order valence-corrected chi connectivity index (χ4v) is 3.24. The van der Waals surface area contributed by atoms with Gasteiger partial charge >= 0.3 is 0 Å². The molecule has 24 heavy (non-hydrogen) atoms. The molecule has 0 aliphatic carbocycles. The number of halogens is 3. The van der Waals surface area contributed by atoms with Crippen LogP contribution in [0.3, 0.4) is 0 Å². The van der Waals surface area contributed by atoms with Gasteiger partial charge < -0.3 is 10.6 Å². The molecule has 1 aromatic carbocycles. The van der Waals surface area contributed by atoms with Crippen molar-refractivity contribution in [1.29, 1.82) is 0 Å². The van der Waals surface area contributed by atoms with Crippen molar-refractivity contribution in [2.45, 2.75) is 32.2 Å². The van der Waals surface area contributed by atoms with E-state index >= 15 is 0 Å². The first-order valence-electron chi connectivity index (χ1n) is 8.29. The van der Waals surface area contributed by atoms with Crippen molar-refractivity contribution in [3.63, 3.8) is 0 Å². The normalized spacial score (nSPS) is 16.6. The van der Waals surface area contributed by atoms with Gasteiger partial charge in [0.15, 0.2) is 5.96 Å². The second-order valence-corrected chi connectivity index (χ2v) is 6.18. The van der Waals surface area contributed by atoms with E-state index in [4.69, 9.17) is 11.6 Å². The zero-order chi connectivity index (χ0) is 16.7. The molecular formula is C17H27ClFIN4. The van der Waals surface area contributed by atoms with Gasteiger partial charge in [0, 0.05) is 30.7 Å². The second kappa shape index (κ2) is 11.1. The summed E-state index contributed by atoms with van der Waals surface area (Å²) in [6.45, 7) is 5.47. The quantitative estimate of drug-likeness (QED) is 0.379. The number of guanidine groups is 1. The Kier molecular flexibility index (Phi) is 9.92. The van der Waals surface area contributed by atoms with Gasteiger partial charge in [0.1, 0.15) is 5.82 Å². The molecule has 1 aromatic rings. The van der Waals surface area contributed by atoms with Gasteiger partial charge in [-0.25, -0.2) is 4.39 Å². The largest absolute Gasteiger partial charge is 0.356 e. The van der Waals surface area contributed by atoms with Crippen molar-refractivity contribution in [2.75, 3.05) is 33.2 Å². The van der Waals surface area contributed by atoms with Crippen LogP contribution in [0.15, 0.2) is 23.2 Å². The van der Waals surface area contributed by atoms with Crippen LogP contribution in [0.1, 0.15) is 37.8 Å². The van der Waals surface area contributed by atoms with Crippen LogP contribution in [0.5, 0.6) is 0 Å². The molecule has 0 saturated carbocycles. The van der Waals surface area contributed by atoms with Crippen LogP contribution >= 0.6 is 35.6 Å². The highest BCUT2D eigenvalue weighted by molar-refractivity contribution is 14.0. The first-order chi connectivity index (χ1) is 11.2. The monoisotopic (exact) mass is 468 g/mol. The summed E-state index contributed by atoms with van der Waals surface area (Å²) < 4.78 is 14.4. The fourth-order valence-electron chi connectivity index (χ4n) is 2.95. The Bertz CT molecular complexity index is 515. The van der Waals surface area contributed by atoms with E-state index < -0.39 is 0 Å². The Labute approximate surface area is 166 Å². The third-order valence-corrected chi connectivity index (χ3v) is 4.47. The average molecular weight is 469 g/mol. The van der Waals surface area contributed by atoms with Gasteiger partial charge in [0.05, 0.1) is 6.04 Å². The number of benzene rings is 1. The van der Waals surface area contributed by atoms with Crippen LogP contribution in [0.25, 0.3) is 0 Å². The molecular weight excluding hydrogens is 442 g/mol. The topological polar surface area (TPSA) is 39.7 Å². The zero-order valence-electron chi connectivity index (χ0n) is 14.3. The molecule has 1 aliphatic heterocycles. The van der Waals surface area contributed by atoms with E-state index in [1.54, 1.807) is 19.2 Å². The van der Waals surface area contributed by atoms with Crippen LogP contribution < -0.4 is 10.6 Å². The summed E-state index contributed by atoms with van der Waals surface area (Å²) in [6.07, 6.45) is 3.31. The molecule has 1 fully saturated rings. The molecule has 2 N–H and O–H groups in total. The Morgan fingerprint density at radius 2 is 2.04 bits per heavy atom. The number of nitrogens with one attached hydrogen (secondary N) is 2. The van der Waals surface area contributed by atoms with Crippen LogP contribution in [0, 0.1) is 5.82 Å². The van der Waals surface area contributed by atoms with E-state index in [0.717, 1.165) is 44.9 Å². The van der Waals surface area contributed by atoms with Crippen molar-refractivity contribution >= 4 is 41.5 Å². The Hall–Kier alpha value is -0.600. The fraction of sp³-hybridized carbons (Fsp3) is 0.588. The van der Waals surface area contributed by atoms with E-state index in [0.29, 0.717) is 17.1 Å². The minimum atomic E-state index is -0.243. The molecule has 0 radical (unpaired) electrons. The van der Waals surface area contributed by atoms with E-state index in [2.05, 4.69) is 27.4 Å². The minimum absolute atomic E-state index is 0. The first kappa shape index (κ1) is 21.4. The number of rotatable bonds is 6. The van der Waals surface area contributed by atoms with Crippen LogP contribution in [0.4, 0.5) is 4.39 Å². The lowest BCUT2D eigenvalue weighted by atomic mass is 10.0. The third kappa shape index (κ3) is 5.74. The summed E-state index contributed by atoms with van der Waals surface area (Å²) in [4.78, 5) is 6.51.